The van der Waals surface area contributed by atoms with Gasteiger partial charge in [0.2, 0.25) is 0 Å². The Labute approximate surface area is 103 Å². The summed E-state index contributed by atoms with van der Waals surface area (Å²) in [4.78, 5) is 0. The summed E-state index contributed by atoms with van der Waals surface area (Å²) in [7, 11) is 1.64. The van der Waals surface area contributed by atoms with Crippen molar-refractivity contribution in [3.8, 4) is 5.75 Å². The topological polar surface area (TPSA) is 44.5 Å². The molecule has 1 aromatic carbocycles. The molecule has 3 nitrogen and oxygen atoms in total. The Kier molecular flexibility index (Phi) is 5.30. The number of methoxy groups -OCH3 is 1. The number of hydrogen-bond donors (Lipinski definition) is 1. The Morgan fingerprint density at radius 2 is 2.06 bits per heavy atom. The van der Waals surface area contributed by atoms with Gasteiger partial charge < -0.3 is 15.2 Å². The van der Waals surface area contributed by atoms with Crippen molar-refractivity contribution in [2.75, 3.05) is 13.7 Å². The second-order valence-corrected chi connectivity index (χ2v) is 3.49. The Balaban J connectivity index is 2.88. The van der Waals surface area contributed by atoms with Gasteiger partial charge in [0.05, 0.1) is 19.8 Å². The van der Waals surface area contributed by atoms with E-state index in [1.165, 1.54) is 0 Å². The zero-order chi connectivity index (χ0) is 12.7. The molecule has 0 heterocycles. The zero-order valence-corrected chi connectivity index (χ0v) is 10.3. The Morgan fingerprint density at radius 1 is 1.41 bits per heavy atom. The second kappa shape index (κ2) is 6.76. The first-order valence-electron chi connectivity index (χ1n) is 5.57. The summed E-state index contributed by atoms with van der Waals surface area (Å²) < 4.78 is 10.6. The maximum absolute atomic E-state index is 6.12. The highest BCUT2D eigenvalue weighted by Crippen LogP contribution is 2.22. The van der Waals surface area contributed by atoms with Crippen molar-refractivity contribution in [1.29, 1.82) is 0 Å². The molecule has 0 amide bonds. The smallest absolute Gasteiger partial charge is 0.118 e. The van der Waals surface area contributed by atoms with Crippen LogP contribution in [0.3, 0.4) is 0 Å². The predicted molar refractivity (Wildman–Crippen MR) is 69.8 cm³/mol. The van der Waals surface area contributed by atoms with E-state index in [1.54, 1.807) is 19.3 Å². The van der Waals surface area contributed by atoms with Crippen LogP contribution in [0.5, 0.6) is 5.75 Å². The lowest BCUT2D eigenvalue weighted by molar-refractivity contribution is 0.209. The zero-order valence-electron chi connectivity index (χ0n) is 10.3. The highest BCUT2D eigenvalue weighted by Gasteiger charge is 2.12. The second-order valence-electron chi connectivity index (χ2n) is 3.49. The number of benzene rings is 1. The maximum Gasteiger partial charge on any atom is 0.118 e. The van der Waals surface area contributed by atoms with Gasteiger partial charge in [0, 0.05) is 0 Å². The molecule has 1 rings (SSSR count). The van der Waals surface area contributed by atoms with E-state index in [9.17, 15) is 0 Å². The van der Waals surface area contributed by atoms with Gasteiger partial charge in [-0.3, -0.25) is 0 Å². The van der Waals surface area contributed by atoms with Crippen molar-refractivity contribution in [1.82, 2.24) is 0 Å². The highest BCUT2D eigenvalue weighted by molar-refractivity contribution is 5.32. The fourth-order valence-corrected chi connectivity index (χ4v) is 1.50. The van der Waals surface area contributed by atoms with Crippen molar-refractivity contribution in [2.45, 2.75) is 13.0 Å². The molecular formula is C14H19NO2. The average molecular weight is 233 g/mol. The monoisotopic (exact) mass is 233 g/mol. The first kappa shape index (κ1) is 13.3. The molecule has 1 atom stereocenters. The molecule has 92 valence electrons. The largest absolute Gasteiger partial charge is 0.497 e. The molecule has 0 bridgehead atoms. The molecular weight excluding hydrogens is 214 g/mol. The first-order valence-corrected chi connectivity index (χ1v) is 5.57. The van der Waals surface area contributed by atoms with Gasteiger partial charge in [-0.05, 0) is 30.7 Å². The van der Waals surface area contributed by atoms with Gasteiger partial charge >= 0.3 is 0 Å². The molecule has 0 fully saturated rings. The molecule has 0 aliphatic rings. The minimum Gasteiger partial charge on any atom is -0.497 e. The van der Waals surface area contributed by atoms with E-state index < -0.39 is 0 Å². The molecule has 0 spiro atoms. The van der Waals surface area contributed by atoms with Crippen LogP contribution < -0.4 is 10.5 Å². The Hall–Kier alpha value is -1.74. The van der Waals surface area contributed by atoms with Crippen LogP contribution in [0.1, 0.15) is 18.5 Å². The van der Waals surface area contributed by atoms with E-state index in [0.717, 1.165) is 11.3 Å². The van der Waals surface area contributed by atoms with E-state index in [2.05, 4.69) is 6.58 Å². The molecule has 0 saturated carbocycles. The standard InChI is InChI=1S/C14H19NO2/c1-4-6-13(17-5-2)14(15)11-7-9-12(16-3)10-8-11/h4,6-10,14H,1,5,15H2,2-3H3/b13-6+/t14-/m0/s1. The summed E-state index contributed by atoms with van der Waals surface area (Å²) in [5.41, 5.74) is 7.10. The molecule has 17 heavy (non-hydrogen) atoms. The third kappa shape index (κ3) is 3.64. The molecule has 0 saturated heterocycles. The summed E-state index contributed by atoms with van der Waals surface area (Å²) in [6.45, 7) is 6.17. The van der Waals surface area contributed by atoms with E-state index in [4.69, 9.17) is 15.2 Å². The van der Waals surface area contributed by atoms with Crippen LogP contribution in [-0.2, 0) is 4.74 Å². The van der Waals surface area contributed by atoms with Crippen LogP contribution in [-0.4, -0.2) is 13.7 Å². The average Bonchev–Trinajstić information content (AvgIpc) is 2.38. The van der Waals surface area contributed by atoms with Crippen molar-refractivity contribution < 1.29 is 9.47 Å². The third-order valence-corrected chi connectivity index (χ3v) is 2.37. The normalized spacial score (nSPS) is 13.0. The maximum atomic E-state index is 6.12. The number of nitrogens with two attached hydrogens (primary N) is 1. The van der Waals surface area contributed by atoms with Crippen molar-refractivity contribution >= 4 is 0 Å². The quantitative estimate of drug-likeness (QED) is 0.607. The lowest BCUT2D eigenvalue weighted by Crippen LogP contribution is -2.15. The van der Waals surface area contributed by atoms with Crippen LogP contribution in [0.25, 0.3) is 0 Å². The predicted octanol–water partition coefficient (Wildman–Crippen LogP) is 2.80. The molecule has 0 aromatic heterocycles. The lowest BCUT2D eigenvalue weighted by atomic mass is 10.1. The molecule has 0 radical (unpaired) electrons. The van der Waals surface area contributed by atoms with Crippen LogP contribution >= 0.6 is 0 Å². The van der Waals surface area contributed by atoms with Gasteiger partial charge in [0.1, 0.15) is 11.5 Å². The van der Waals surface area contributed by atoms with Gasteiger partial charge in [-0.2, -0.15) is 0 Å². The Bertz CT molecular complexity index is 382. The van der Waals surface area contributed by atoms with Crippen LogP contribution in [0.2, 0.25) is 0 Å². The van der Waals surface area contributed by atoms with E-state index in [1.807, 2.05) is 31.2 Å². The molecule has 3 heteroatoms. The summed E-state index contributed by atoms with van der Waals surface area (Å²) in [6.07, 6.45) is 3.47. The van der Waals surface area contributed by atoms with Crippen molar-refractivity contribution in [2.24, 2.45) is 5.73 Å². The summed E-state index contributed by atoms with van der Waals surface area (Å²) in [5, 5.41) is 0. The molecule has 0 aliphatic carbocycles. The fraction of sp³-hybridized carbons (Fsp3) is 0.286. The number of allylic oxidation sites excluding steroid dienone is 2. The number of rotatable bonds is 6. The third-order valence-electron chi connectivity index (χ3n) is 2.37. The summed E-state index contributed by atoms with van der Waals surface area (Å²) in [6, 6.07) is 7.34. The van der Waals surface area contributed by atoms with Crippen molar-refractivity contribution in [3.63, 3.8) is 0 Å². The summed E-state index contributed by atoms with van der Waals surface area (Å²) in [5.74, 6) is 1.53. The van der Waals surface area contributed by atoms with Gasteiger partial charge in [0.25, 0.3) is 0 Å². The fourth-order valence-electron chi connectivity index (χ4n) is 1.50. The van der Waals surface area contributed by atoms with Crippen LogP contribution in [0.15, 0.2) is 48.8 Å². The van der Waals surface area contributed by atoms with Crippen LogP contribution in [0, 0.1) is 0 Å². The molecule has 0 aliphatic heterocycles. The van der Waals surface area contributed by atoms with E-state index in [-0.39, 0.29) is 6.04 Å². The molecule has 2 N–H and O–H groups in total. The van der Waals surface area contributed by atoms with Gasteiger partial charge in [-0.25, -0.2) is 0 Å². The minimum absolute atomic E-state index is 0.279. The molecule has 1 aromatic rings. The van der Waals surface area contributed by atoms with Gasteiger partial charge in [0.15, 0.2) is 0 Å². The highest BCUT2D eigenvalue weighted by atomic mass is 16.5. The van der Waals surface area contributed by atoms with Gasteiger partial charge in [-0.15, -0.1) is 0 Å². The molecule has 0 unspecified atom stereocenters. The van der Waals surface area contributed by atoms with Crippen molar-refractivity contribution in [3.05, 3.63) is 54.3 Å². The van der Waals surface area contributed by atoms with Gasteiger partial charge in [-0.1, -0.05) is 24.8 Å². The minimum atomic E-state index is -0.279. The Morgan fingerprint density at radius 3 is 2.53 bits per heavy atom. The first-order chi connectivity index (χ1) is 8.22. The lowest BCUT2D eigenvalue weighted by Gasteiger charge is -2.16. The summed E-state index contributed by atoms with van der Waals surface area (Å²) >= 11 is 0. The van der Waals surface area contributed by atoms with E-state index >= 15 is 0 Å². The van der Waals surface area contributed by atoms with Crippen LogP contribution in [0.4, 0.5) is 0 Å². The number of ether oxygens (including phenoxy) is 2. The SMILES string of the molecule is C=C/C=C(/OCC)[C@@H](N)c1ccc(OC)cc1. The van der Waals surface area contributed by atoms with E-state index in [0.29, 0.717) is 12.4 Å². The number of hydrogen-bond acceptors (Lipinski definition) is 3.